The number of fused-ring (bicyclic) bond motifs is 3. The molecule has 0 bridgehead atoms. The third-order valence-corrected chi connectivity index (χ3v) is 4.40. The summed E-state index contributed by atoms with van der Waals surface area (Å²) in [6.45, 7) is 4.87. The second-order valence-corrected chi connectivity index (χ2v) is 6.20. The van der Waals surface area contributed by atoms with Crippen molar-refractivity contribution in [1.82, 2.24) is 24.1 Å². The van der Waals surface area contributed by atoms with Crippen molar-refractivity contribution in [3.05, 3.63) is 41.1 Å². The smallest absolute Gasteiger partial charge is 0.284 e. The Bertz CT molecular complexity index is 881. The van der Waals surface area contributed by atoms with Crippen LogP contribution in [0, 0.1) is 5.92 Å². The first-order valence-electron chi connectivity index (χ1n) is 7.77. The van der Waals surface area contributed by atoms with Crippen LogP contribution in [0.1, 0.15) is 19.8 Å². The largest absolute Gasteiger partial charge is 0.352 e. The molecule has 6 nitrogen and oxygen atoms in total. The van der Waals surface area contributed by atoms with Crippen molar-refractivity contribution in [1.29, 1.82) is 0 Å². The van der Waals surface area contributed by atoms with Crippen LogP contribution in [0.3, 0.4) is 0 Å². The molecule has 22 heavy (non-hydrogen) atoms. The molecule has 0 spiro atoms. The molecule has 1 saturated heterocycles. The zero-order chi connectivity index (χ0) is 15.1. The first kappa shape index (κ1) is 13.5. The summed E-state index contributed by atoms with van der Waals surface area (Å²) in [6, 6.07) is 7.78. The summed E-state index contributed by atoms with van der Waals surface area (Å²) in [5.41, 5.74) is 1.42. The third-order valence-electron chi connectivity index (χ3n) is 4.40. The van der Waals surface area contributed by atoms with Crippen molar-refractivity contribution in [2.75, 3.05) is 13.1 Å². The Labute approximate surface area is 128 Å². The minimum Gasteiger partial charge on any atom is -0.284 e. The number of rotatable bonds is 2. The van der Waals surface area contributed by atoms with E-state index in [9.17, 15) is 4.79 Å². The molecule has 1 fully saturated rings. The highest BCUT2D eigenvalue weighted by molar-refractivity contribution is 5.90. The zero-order valence-corrected chi connectivity index (χ0v) is 12.6. The van der Waals surface area contributed by atoms with E-state index in [0.717, 1.165) is 24.0 Å². The highest BCUT2D eigenvalue weighted by Gasteiger charge is 2.18. The topological polar surface area (TPSA) is 55.4 Å². The summed E-state index contributed by atoms with van der Waals surface area (Å²) >= 11 is 0. The van der Waals surface area contributed by atoms with Crippen LogP contribution in [-0.2, 0) is 6.67 Å². The molecule has 0 N–H and O–H groups in total. The van der Waals surface area contributed by atoms with Gasteiger partial charge in [0, 0.05) is 11.9 Å². The van der Waals surface area contributed by atoms with E-state index in [4.69, 9.17) is 0 Å². The predicted molar refractivity (Wildman–Crippen MR) is 84.7 cm³/mol. The number of nitrogens with zero attached hydrogens (tertiary/aromatic N) is 5. The molecule has 1 atom stereocenters. The molecule has 114 valence electrons. The maximum Gasteiger partial charge on any atom is 0.352 e. The second kappa shape index (κ2) is 5.21. The number of likely N-dealkylation sites (tertiary alicyclic amines) is 1. The first-order chi connectivity index (χ1) is 10.7. The Hall–Kier alpha value is -2.21. The highest BCUT2D eigenvalue weighted by Crippen LogP contribution is 2.17. The molecule has 3 heterocycles. The number of piperidine rings is 1. The molecule has 4 rings (SSSR count). The van der Waals surface area contributed by atoms with Crippen LogP contribution >= 0.6 is 0 Å². The lowest BCUT2D eigenvalue weighted by Crippen LogP contribution is -2.38. The molecule has 0 saturated carbocycles. The van der Waals surface area contributed by atoms with Gasteiger partial charge in [0.2, 0.25) is 0 Å². The quantitative estimate of drug-likeness (QED) is 0.723. The fourth-order valence-electron chi connectivity index (χ4n) is 3.30. The Kier molecular flexibility index (Phi) is 3.18. The Morgan fingerprint density at radius 2 is 2.18 bits per heavy atom. The third kappa shape index (κ3) is 2.20. The van der Waals surface area contributed by atoms with Gasteiger partial charge in [-0.1, -0.05) is 19.1 Å². The normalized spacial score (nSPS) is 20.0. The van der Waals surface area contributed by atoms with Gasteiger partial charge < -0.3 is 0 Å². The van der Waals surface area contributed by atoms with Gasteiger partial charge in [-0.3, -0.25) is 4.90 Å². The average molecular weight is 297 g/mol. The summed E-state index contributed by atoms with van der Waals surface area (Å²) in [6.07, 6.45) is 4.03. The van der Waals surface area contributed by atoms with E-state index < -0.39 is 0 Å². The van der Waals surface area contributed by atoms with E-state index in [0.29, 0.717) is 18.2 Å². The van der Waals surface area contributed by atoms with Gasteiger partial charge in [0.05, 0.1) is 12.2 Å². The molecule has 1 aliphatic rings. The van der Waals surface area contributed by atoms with Gasteiger partial charge in [-0.2, -0.15) is 4.68 Å². The van der Waals surface area contributed by atoms with Crippen LogP contribution < -0.4 is 5.69 Å². The molecule has 1 aromatic carbocycles. The van der Waals surface area contributed by atoms with Crippen molar-refractivity contribution >= 4 is 16.6 Å². The van der Waals surface area contributed by atoms with Gasteiger partial charge in [0.25, 0.3) is 0 Å². The van der Waals surface area contributed by atoms with Crippen molar-refractivity contribution < 1.29 is 0 Å². The molecule has 0 unspecified atom stereocenters. The van der Waals surface area contributed by atoms with Crippen molar-refractivity contribution in [2.45, 2.75) is 26.4 Å². The first-order valence-corrected chi connectivity index (χ1v) is 7.77. The van der Waals surface area contributed by atoms with Crippen LogP contribution in [-0.4, -0.2) is 37.2 Å². The van der Waals surface area contributed by atoms with Crippen molar-refractivity contribution in [3.8, 4) is 0 Å². The lowest BCUT2D eigenvalue weighted by molar-refractivity contribution is 0.137. The van der Waals surface area contributed by atoms with E-state index in [2.05, 4.69) is 21.9 Å². The van der Waals surface area contributed by atoms with Crippen LogP contribution in [0.2, 0.25) is 0 Å². The summed E-state index contributed by atoms with van der Waals surface area (Å²) in [7, 11) is 0. The van der Waals surface area contributed by atoms with Crippen molar-refractivity contribution in [3.63, 3.8) is 0 Å². The lowest BCUT2D eigenvalue weighted by Gasteiger charge is -2.30. The van der Waals surface area contributed by atoms with Crippen LogP contribution in [0.15, 0.2) is 35.4 Å². The fourth-order valence-corrected chi connectivity index (χ4v) is 3.30. The monoisotopic (exact) mass is 297 g/mol. The number of hydrogen-bond acceptors (Lipinski definition) is 4. The molecule has 2 aromatic heterocycles. The van der Waals surface area contributed by atoms with Gasteiger partial charge in [-0.05, 0) is 37.4 Å². The van der Waals surface area contributed by atoms with Gasteiger partial charge in [-0.25, -0.2) is 14.2 Å². The van der Waals surface area contributed by atoms with Crippen LogP contribution in [0.5, 0.6) is 0 Å². The summed E-state index contributed by atoms with van der Waals surface area (Å²) in [4.78, 5) is 19.2. The van der Waals surface area contributed by atoms with Gasteiger partial charge >= 0.3 is 5.69 Å². The van der Waals surface area contributed by atoms with E-state index in [1.807, 2.05) is 24.3 Å². The molecular weight excluding hydrogens is 278 g/mol. The molecule has 6 heteroatoms. The van der Waals surface area contributed by atoms with Gasteiger partial charge in [0.1, 0.15) is 6.33 Å². The molecule has 1 aliphatic heterocycles. The standard InChI is InChI=1S/C16H19N5O/c1-12-5-4-8-19(9-12)11-21-16(22)20-10-17-14-7-3-2-6-13(14)15(20)18-21/h2-3,6-7,10,12H,4-5,8-9,11H2,1H3/t12-/m0/s1. The van der Waals surface area contributed by atoms with E-state index >= 15 is 0 Å². The molecule has 0 aliphatic carbocycles. The number of hydrogen-bond donors (Lipinski definition) is 0. The van der Waals surface area contributed by atoms with Gasteiger partial charge in [0.15, 0.2) is 5.65 Å². The molecule has 3 aromatic rings. The predicted octanol–water partition coefficient (Wildman–Crippen LogP) is 1.73. The molecule has 0 amide bonds. The van der Waals surface area contributed by atoms with Crippen LogP contribution in [0.4, 0.5) is 0 Å². The Morgan fingerprint density at radius 1 is 1.32 bits per heavy atom. The average Bonchev–Trinajstić information content (AvgIpc) is 2.84. The SMILES string of the molecule is C[C@H]1CCCN(Cn2nc3c4ccccc4ncn3c2=O)C1. The van der Waals surface area contributed by atoms with Crippen LogP contribution in [0.25, 0.3) is 16.6 Å². The van der Waals surface area contributed by atoms with E-state index in [1.165, 1.54) is 17.2 Å². The minimum absolute atomic E-state index is 0.119. The summed E-state index contributed by atoms with van der Waals surface area (Å²) < 4.78 is 3.09. The maximum atomic E-state index is 12.5. The second-order valence-electron chi connectivity index (χ2n) is 6.20. The number of para-hydroxylation sites is 1. The Balaban J connectivity index is 1.77. The number of benzene rings is 1. The number of aromatic nitrogens is 4. The highest BCUT2D eigenvalue weighted by atomic mass is 16.2. The molecular formula is C16H19N5O. The van der Waals surface area contributed by atoms with Crippen molar-refractivity contribution in [2.24, 2.45) is 5.92 Å². The van der Waals surface area contributed by atoms with E-state index in [-0.39, 0.29) is 5.69 Å². The summed E-state index contributed by atoms with van der Waals surface area (Å²) in [5, 5.41) is 5.46. The molecule has 0 radical (unpaired) electrons. The Morgan fingerprint density at radius 3 is 3.05 bits per heavy atom. The van der Waals surface area contributed by atoms with Gasteiger partial charge in [-0.15, -0.1) is 5.10 Å². The fraction of sp³-hybridized carbons (Fsp3) is 0.438. The maximum absolute atomic E-state index is 12.5. The minimum atomic E-state index is -0.119. The zero-order valence-electron chi connectivity index (χ0n) is 12.6. The van der Waals surface area contributed by atoms with E-state index in [1.54, 1.807) is 11.0 Å². The summed E-state index contributed by atoms with van der Waals surface area (Å²) in [5.74, 6) is 0.684. The lowest BCUT2D eigenvalue weighted by atomic mass is 10.0.